The molecule has 0 atom stereocenters. The second kappa shape index (κ2) is 11.7. The summed E-state index contributed by atoms with van der Waals surface area (Å²) in [6, 6.07) is 20.7. The van der Waals surface area contributed by atoms with Gasteiger partial charge in [-0.3, -0.25) is 10.1 Å². The van der Waals surface area contributed by atoms with E-state index in [4.69, 9.17) is 47.2 Å². The van der Waals surface area contributed by atoms with Gasteiger partial charge in [0.2, 0.25) is 24.5 Å². The molecule has 214 valence electrons. The Morgan fingerprint density at radius 2 is 1.43 bits per heavy atom. The van der Waals surface area contributed by atoms with E-state index in [0.717, 1.165) is 29.5 Å². The molecule has 11 nitrogen and oxygen atoms in total. The molecule has 1 aliphatic carbocycles. The van der Waals surface area contributed by atoms with Crippen molar-refractivity contribution < 1.29 is 23.1 Å². The van der Waals surface area contributed by atoms with Crippen LogP contribution in [0.25, 0.3) is 0 Å². The first-order valence-electron chi connectivity index (χ1n) is 13.0. The molecule has 1 amide bonds. The molecule has 0 bridgehead atoms. The van der Waals surface area contributed by atoms with Crippen LogP contribution in [-0.2, 0) is 23.1 Å². The van der Waals surface area contributed by atoms with Crippen LogP contribution in [0.4, 0.5) is 12.0 Å². The Bertz CT molecular complexity index is 1740. The van der Waals surface area contributed by atoms with Crippen LogP contribution in [0.15, 0.2) is 75.6 Å². The number of nitrogen functional groups attached to an aromatic ring is 1. The van der Waals surface area contributed by atoms with Crippen molar-refractivity contribution in [3.05, 3.63) is 105 Å². The third-order valence-corrected chi connectivity index (χ3v) is 7.62. The van der Waals surface area contributed by atoms with E-state index in [0.29, 0.717) is 46.2 Å². The van der Waals surface area contributed by atoms with Crippen molar-refractivity contribution in [2.45, 2.75) is 31.1 Å². The van der Waals surface area contributed by atoms with Gasteiger partial charge in [-0.2, -0.15) is 0 Å². The van der Waals surface area contributed by atoms with Crippen LogP contribution in [0.2, 0.25) is 10.0 Å². The zero-order chi connectivity index (χ0) is 29.1. The molecule has 2 aliphatic rings. The lowest BCUT2D eigenvalue weighted by molar-refractivity contribution is -0.118. The van der Waals surface area contributed by atoms with E-state index in [2.05, 4.69) is 25.7 Å². The fourth-order valence-corrected chi connectivity index (χ4v) is 4.91. The number of carbonyl (C=O) groups is 1. The molecule has 1 aliphatic heterocycles. The van der Waals surface area contributed by atoms with Gasteiger partial charge in [-0.25, -0.2) is 0 Å². The molecule has 0 spiro atoms. The number of ether oxygens (including phenoxy) is 2. The molecule has 3 N–H and O–H groups in total. The van der Waals surface area contributed by atoms with E-state index < -0.39 is 5.41 Å². The van der Waals surface area contributed by atoms with Gasteiger partial charge >= 0.3 is 12.0 Å². The number of benzene rings is 3. The lowest BCUT2D eigenvalue weighted by Crippen LogP contribution is -2.27. The van der Waals surface area contributed by atoms with Gasteiger partial charge < -0.3 is 24.0 Å². The molecule has 7 rings (SSSR count). The lowest BCUT2D eigenvalue weighted by Gasteiger charge is -2.14. The number of anilines is 2. The van der Waals surface area contributed by atoms with Gasteiger partial charge in [-0.1, -0.05) is 75.9 Å². The second-order valence-electron chi connectivity index (χ2n) is 9.68. The quantitative estimate of drug-likeness (QED) is 0.239. The van der Waals surface area contributed by atoms with Gasteiger partial charge in [0.15, 0.2) is 11.5 Å². The molecule has 5 aromatic rings. The van der Waals surface area contributed by atoms with Crippen LogP contribution in [0.5, 0.6) is 11.5 Å². The molecule has 2 aromatic heterocycles. The first-order chi connectivity index (χ1) is 20.4. The Morgan fingerprint density at radius 1 is 0.810 bits per heavy atom. The summed E-state index contributed by atoms with van der Waals surface area (Å²) in [5, 5.41) is 19.3. The fourth-order valence-electron chi connectivity index (χ4n) is 4.51. The van der Waals surface area contributed by atoms with Crippen LogP contribution in [0.1, 0.15) is 41.3 Å². The minimum Gasteiger partial charge on any atom is -0.454 e. The van der Waals surface area contributed by atoms with Gasteiger partial charge in [0.05, 0.1) is 18.3 Å². The number of hydrogen-bond donors (Lipinski definition) is 2. The van der Waals surface area contributed by atoms with E-state index in [-0.39, 0.29) is 24.7 Å². The van der Waals surface area contributed by atoms with E-state index in [1.54, 1.807) is 6.07 Å². The van der Waals surface area contributed by atoms with E-state index in [1.165, 1.54) is 0 Å². The number of carbonyl (C=O) groups excluding carboxylic acids is 1. The summed E-state index contributed by atoms with van der Waals surface area (Å²) in [5.41, 5.74) is 7.41. The highest BCUT2D eigenvalue weighted by Gasteiger charge is 2.52. The van der Waals surface area contributed by atoms with Crippen molar-refractivity contribution in [2.24, 2.45) is 0 Å². The number of nitrogens with two attached hydrogens (primary N) is 1. The van der Waals surface area contributed by atoms with Crippen molar-refractivity contribution in [1.82, 2.24) is 20.4 Å². The Morgan fingerprint density at radius 3 is 2.05 bits per heavy atom. The number of aromatic nitrogens is 4. The minimum atomic E-state index is -0.599. The predicted molar refractivity (Wildman–Crippen MR) is 154 cm³/mol. The molecular formula is C29H24Cl2N6O5. The maximum Gasteiger partial charge on any atom is 0.322 e. The van der Waals surface area contributed by atoms with Crippen molar-refractivity contribution in [3.63, 3.8) is 0 Å². The lowest BCUT2D eigenvalue weighted by atomic mass is 9.94. The van der Waals surface area contributed by atoms with Crippen LogP contribution in [-0.4, -0.2) is 33.1 Å². The molecule has 1 saturated carbocycles. The molecule has 1 fully saturated rings. The Kier molecular flexibility index (Phi) is 7.68. The zero-order valence-corrected chi connectivity index (χ0v) is 23.6. The number of rotatable bonds is 7. The topological polar surface area (TPSA) is 151 Å². The summed E-state index contributed by atoms with van der Waals surface area (Å²) >= 11 is 12.1. The molecule has 0 unspecified atom stereocenters. The van der Waals surface area contributed by atoms with Crippen molar-refractivity contribution >= 4 is 41.1 Å². The normalized spacial score (nSPS) is 14.1. The smallest absolute Gasteiger partial charge is 0.322 e. The molecule has 3 aromatic carbocycles. The van der Waals surface area contributed by atoms with Crippen molar-refractivity contribution in [3.8, 4) is 11.5 Å². The summed E-state index contributed by atoms with van der Waals surface area (Å²) in [7, 11) is 0. The largest absolute Gasteiger partial charge is 0.454 e. The Balaban J connectivity index is 0.000000189. The monoisotopic (exact) mass is 606 g/mol. The third kappa shape index (κ3) is 6.02. The van der Waals surface area contributed by atoms with E-state index >= 15 is 0 Å². The van der Waals surface area contributed by atoms with Gasteiger partial charge in [0, 0.05) is 10.0 Å². The highest BCUT2D eigenvalue weighted by atomic mass is 35.5. The number of amides is 1. The van der Waals surface area contributed by atoms with Crippen LogP contribution in [0, 0.1) is 0 Å². The summed E-state index contributed by atoms with van der Waals surface area (Å²) in [5.74, 6) is 2.05. The maximum atomic E-state index is 12.9. The zero-order valence-electron chi connectivity index (χ0n) is 22.0. The van der Waals surface area contributed by atoms with Crippen LogP contribution < -0.4 is 20.5 Å². The number of fused-ring (bicyclic) bond motifs is 1. The van der Waals surface area contributed by atoms with Crippen molar-refractivity contribution in [1.29, 1.82) is 0 Å². The first-order valence-corrected chi connectivity index (χ1v) is 13.7. The predicted octanol–water partition coefficient (Wildman–Crippen LogP) is 5.61. The highest BCUT2D eigenvalue weighted by Crippen LogP contribution is 2.51. The van der Waals surface area contributed by atoms with Gasteiger partial charge in [0.25, 0.3) is 0 Å². The summed E-state index contributed by atoms with van der Waals surface area (Å²) in [6.07, 6.45) is 2.40. The molecule has 42 heavy (non-hydrogen) atoms. The van der Waals surface area contributed by atoms with Gasteiger partial charge in [0.1, 0.15) is 0 Å². The van der Waals surface area contributed by atoms with Crippen molar-refractivity contribution in [2.75, 3.05) is 17.8 Å². The Labute approximate surface area is 249 Å². The summed E-state index contributed by atoms with van der Waals surface area (Å²) in [4.78, 5) is 12.9. The summed E-state index contributed by atoms with van der Waals surface area (Å²) in [6.45, 7) is 0.203. The minimum absolute atomic E-state index is 0.0760. The SMILES string of the molecule is Nc1nnc(Cc2ccccc2Cl)o1.O=C(Nc1nnc(Cc2ccccc2Cl)o1)C1(c2ccc3c(c2)OCO3)CC1. The fraction of sp³-hybridized carbons (Fsp3) is 0.207. The first kappa shape index (κ1) is 27.6. The standard InChI is InChI=1S/C20H16ClN3O4.C9H8ClN3O/c21-14-4-2-1-3-12(14)9-17-23-24-19(28-17)22-18(25)20(7-8-20)13-5-6-15-16(10-13)27-11-26-15;10-7-4-2-1-3-6(7)5-8-12-13-9(11)14-8/h1-6,10H,7-9,11H2,(H,22,24,25);1-4H,5H2,(H2,11,13). The maximum absolute atomic E-state index is 12.9. The average Bonchev–Trinajstić information content (AvgIpc) is 3.25. The average molecular weight is 607 g/mol. The van der Waals surface area contributed by atoms with Gasteiger partial charge in [-0.05, 0) is 53.8 Å². The summed E-state index contributed by atoms with van der Waals surface area (Å²) < 4.78 is 21.4. The molecule has 13 heteroatoms. The van der Waals surface area contributed by atoms with Crippen LogP contribution in [0.3, 0.4) is 0 Å². The highest BCUT2D eigenvalue weighted by molar-refractivity contribution is 6.31. The molecule has 0 saturated heterocycles. The number of halogens is 2. The molecule has 3 heterocycles. The molecule has 0 radical (unpaired) electrons. The van der Waals surface area contributed by atoms with E-state index in [1.807, 2.05) is 60.7 Å². The Hall–Kier alpha value is -4.61. The second-order valence-corrected chi connectivity index (χ2v) is 10.5. The van der Waals surface area contributed by atoms with Crippen LogP contribution >= 0.6 is 23.2 Å². The number of nitrogens with one attached hydrogen (secondary N) is 1. The van der Waals surface area contributed by atoms with E-state index in [9.17, 15) is 4.79 Å². The van der Waals surface area contributed by atoms with Gasteiger partial charge in [-0.15, -0.1) is 10.2 Å². The molecular weight excluding hydrogens is 583 g/mol. The number of nitrogens with zero attached hydrogens (tertiary/aromatic N) is 4. The number of hydrogen-bond acceptors (Lipinski definition) is 10. The third-order valence-electron chi connectivity index (χ3n) is 6.88.